The molecule has 2 aromatic carbocycles. The number of carbonyl (C=O) groups is 1. The molecule has 5 nitrogen and oxygen atoms in total. The normalized spacial score (nSPS) is 10.2. The van der Waals surface area contributed by atoms with Gasteiger partial charge in [-0.2, -0.15) is 0 Å². The number of hydrogen-bond donors (Lipinski definition) is 1. The Morgan fingerprint density at radius 1 is 1.20 bits per heavy atom. The van der Waals surface area contributed by atoms with Crippen LogP contribution in [0.1, 0.15) is 10.4 Å². The molecule has 0 saturated heterocycles. The van der Waals surface area contributed by atoms with Gasteiger partial charge in [0.15, 0.2) is 0 Å². The number of benzene rings is 2. The Balaban J connectivity index is 2.31. The zero-order valence-corrected chi connectivity index (χ0v) is 11.5. The molecule has 7 heteroatoms. The van der Waals surface area contributed by atoms with Crippen LogP contribution in [-0.2, 0) is 0 Å². The molecule has 0 amide bonds. The molecule has 0 spiro atoms. The quantitative estimate of drug-likeness (QED) is 0.679. The molecule has 102 valence electrons. The Bertz CT molecular complexity index is 673. The van der Waals surface area contributed by atoms with Crippen molar-refractivity contribution < 1.29 is 14.8 Å². The largest absolute Gasteiger partial charge is 0.478 e. The van der Waals surface area contributed by atoms with Crippen LogP contribution >= 0.6 is 23.4 Å². The number of aromatic carboxylic acids is 1. The van der Waals surface area contributed by atoms with Crippen LogP contribution in [0.5, 0.6) is 0 Å². The molecule has 0 aromatic heterocycles. The number of nitro benzene ring substituents is 1. The van der Waals surface area contributed by atoms with E-state index < -0.39 is 10.9 Å². The number of halogens is 1. The number of hydrogen-bond acceptors (Lipinski definition) is 4. The first-order valence-electron chi connectivity index (χ1n) is 5.42. The predicted molar refractivity (Wildman–Crippen MR) is 75.6 cm³/mol. The summed E-state index contributed by atoms with van der Waals surface area (Å²) in [5, 5.41) is 20.1. The molecule has 2 aromatic rings. The van der Waals surface area contributed by atoms with Crippen LogP contribution in [0, 0.1) is 10.1 Å². The lowest BCUT2D eigenvalue weighted by molar-refractivity contribution is -0.387. The van der Waals surface area contributed by atoms with Gasteiger partial charge in [0.1, 0.15) is 0 Å². The van der Waals surface area contributed by atoms with E-state index in [-0.39, 0.29) is 11.3 Å². The maximum Gasteiger partial charge on any atom is 0.335 e. The van der Waals surface area contributed by atoms with Crippen molar-refractivity contribution in [3.63, 3.8) is 0 Å². The molecule has 0 bridgehead atoms. The van der Waals surface area contributed by atoms with Gasteiger partial charge in [-0.3, -0.25) is 10.1 Å². The Hall–Kier alpha value is -2.05. The van der Waals surface area contributed by atoms with Gasteiger partial charge in [0, 0.05) is 16.0 Å². The lowest BCUT2D eigenvalue weighted by atomic mass is 10.2. The highest BCUT2D eigenvalue weighted by atomic mass is 35.5. The fraction of sp³-hybridized carbons (Fsp3) is 0. The Labute approximate surface area is 123 Å². The van der Waals surface area contributed by atoms with Crippen LogP contribution in [0.3, 0.4) is 0 Å². The second-order valence-corrected chi connectivity index (χ2v) is 5.35. The molecule has 0 aliphatic rings. The third-order valence-corrected chi connectivity index (χ3v) is 3.74. The van der Waals surface area contributed by atoms with Crippen LogP contribution in [0.4, 0.5) is 5.69 Å². The Kier molecular flexibility index (Phi) is 4.26. The molecular formula is C13H8ClNO4S. The third-order valence-electron chi connectivity index (χ3n) is 2.45. The summed E-state index contributed by atoms with van der Waals surface area (Å²) < 4.78 is 0. The minimum atomic E-state index is -1.02. The molecule has 0 radical (unpaired) electrons. The fourth-order valence-corrected chi connectivity index (χ4v) is 2.71. The molecule has 0 aliphatic heterocycles. The average molecular weight is 310 g/mol. The number of rotatable bonds is 4. The molecule has 0 saturated carbocycles. The second kappa shape index (κ2) is 5.94. The van der Waals surface area contributed by atoms with E-state index >= 15 is 0 Å². The van der Waals surface area contributed by atoms with Crippen molar-refractivity contribution in [2.75, 3.05) is 0 Å². The first-order chi connectivity index (χ1) is 9.47. The highest BCUT2D eigenvalue weighted by Gasteiger charge is 2.15. The van der Waals surface area contributed by atoms with Gasteiger partial charge in [-0.25, -0.2) is 4.79 Å². The van der Waals surface area contributed by atoms with Crippen molar-refractivity contribution >= 4 is 35.0 Å². The topological polar surface area (TPSA) is 80.4 Å². The maximum atomic E-state index is 10.9. The van der Waals surface area contributed by atoms with Crippen molar-refractivity contribution in [1.82, 2.24) is 0 Å². The summed E-state index contributed by atoms with van der Waals surface area (Å²) in [5.41, 5.74) is 0.122. The average Bonchev–Trinajstić information content (AvgIpc) is 2.39. The second-order valence-electron chi connectivity index (χ2n) is 3.80. The summed E-state index contributed by atoms with van der Waals surface area (Å²) in [6, 6.07) is 10.4. The molecule has 0 aliphatic carbocycles. The Morgan fingerprint density at radius 3 is 2.40 bits per heavy atom. The summed E-state index contributed by atoms with van der Waals surface area (Å²) in [6.45, 7) is 0. The summed E-state index contributed by atoms with van der Waals surface area (Å²) in [5.74, 6) is -1.02. The van der Waals surface area contributed by atoms with E-state index in [2.05, 4.69) is 0 Å². The van der Waals surface area contributed by atoms with Crippen LogP contribution in [0.15, 0.2) is 52.3 Å². The lowest BCUT2D eigenvalue weighted by Crippen LogP contribution is -1.95. The lowest BCUT2D eigenvalue weighted by Gasteiger charge is -2.04. The first kappa shape index (κ1) is 14.4. The van der Waals surface area contributed by atoms with E-state index in [0.29, 0.717) is 14.8 Å². The van der Waals surface area contributed by atoms with E-state index in [1.165, 1.54) is 30.3 Å². The number of carboxylic acid groups (broad SMARTS) is 1. The van der Waals surface area contributed by atoms with Crippen molar-refractivity contribution in [2.45, 2.75) is 9.79 Å². The van der Waals surface area contributed by atoms with E-state index in [4.69, 9.17) is 16.7 Å². The van der Waals surface area contributed by atoms with E-state index in [1.807, 2.05) is 0 Å². The molecule has 1 N–H and O–H groups in total. The third kappa shape index (κ3) is 3.28. The highest BCUT2D eigenvalue weighted by Crippen LogP contribution is 2.36. The van der Waals surface area contributed by atoms with Gasteiger partial charge >= 0.3 is 5.97 Å². The van der Waals surface area contributed by atoms with Gasteiger partial charge < -0.3 is 5.11 Å². The monoisotopic (exact) mass is 309 g/mol. The van der Waals surface area contributed by atoms with Gasteiger partial charge in [-0.15, -0.1) is 0 Å². The predicted octanol–water partition coefficient (Wildman–Crippen LogP) is 4.10. The molecule has 2 rings (SSSR count). The van der Waals surface area contributed by atoms with Gasteiger partial charge in [-0.05, 0) is 36.4 Å². The number of carboxylic acids is 1. The zero-order valence-electron chi connectivity index (χ0n) is 9.95. The summed E-state index contributed by atoms with van der Waals surface area (Å²) >= 11 is 7.00. The fourth-order valence-electron chi connectivity index (χ4n) is 1.51. The molecule has 20 heavy (non-hydrogen) atoms. The summed E-state index contributed by atoms with van der Waals surface area (Å²) in [6.07, 6.45) is 0. The van der Waals surface area contributed by atoms with Crippen LogP contribution in [0.25, 0.3) is 0 Å². The van der Waals surface area contributed by atoms with Gasteiger partial charge in [-0.1, -0.05) is 23.4 Å². The standard InChI is InChI=1S/C13H8ClNO4S/c14-9-3-6-11(15(18)19)12(7-9)20-10-4-1-8(2-5-10)13(16)17/h1-7H,(H,16,17). The first-order valence-corrected chi connectivity index (χ1v) is 6.62. The minimum Gasteiger partial charge on any atom is -0.478 e. The summed E-state index contributed by atoms with van der Waals surface area (Å²) in [4.78, 5) is 22.3. The smallest absolute Gasteiger partial charge is 0.335 e. The van der Waals surface area contributed by atoms with Crippen molar-refractivity contribution in [2.24, 2.45) is 0 Å². The number of nitro groups is 1. The van der Waals surface area contributed by atoms with Crippen molar-refractivity contribution in [3.05, 3.63) is 63.2 Å². The maximum absolute atomic E-state index is 10.9. The van der Waals surface area contributed by atoms with E-state index in [0.717, 1.165) is 11.8 Å². The molecular weight excluding hydrogens is 302 g/mol. The van der Waals surface area contributed by atoms with E-state index in [9.17, 15) is 14.9 Å². The number of nitrogens with zero attached hydrogens (tertiary/aromatic N) is 1. The molecule has 0 heterocycles. The van der Waals surface area contributed by atoms with Gasteiger partial charge in [0.2, 0.25) is 0 Å². The Morgan fingerprint density at radius 2 is 1.85 bits per heavy atom. The zero-order chi connectivity index (χ0) is 14.7. The highest BCUT2D eigenvalue weighted by molar-refractivity contribution is 7.99. The molecule has 0 fully saturated rings. The molecule has 0 atom stereocenters. The van der Waals surface area contributed by atoms with Gasteiger partial charge in [0.05, 0.1) is 15.4 Å². The van der Waals surface area contributed by atoms with Crippen LogP contribution in [0.2, 0.25) is 5.02 Å². The van der Waals surface area contributed by atoms with E-state index in [1.54, 1.807) is 12.1 Å². The minimum absolute atomic E-state index is 0.0401. The van der Waals surface area contributed by atoms with Crippen LogP contribution < -0.4 is 0 Å². The van der Waals surface area contributed by atoms with Crippen molar-refractivity contribution in [1.29, 1.82) is 0 Å². The molecule has 0 unspecified atom stereocenters. The summed E-state index contributed by atoms with van der Waals surface area (Å²) in [7, 11) is 0. The SMILES string of the molecule is O=C(O)c1ccc(Sc2cc(Cl)ccc2[N+](=O)[O-])cc1. The van der Waals surface area contributed by atoms with Crippen molar-refractivity contribution in [3.8, 4) is 0 Å². The van der Waals surface area contributed by atoms with Crippen LogP contribution in [-0.4, -0.2) is 16.0 Å². The van der Waals surface area contributed by atoms with Gasteiger partial charge in [0.25, 0.3) is 5.69 Å².